The lowest BCUT2D eigenvalue weighted by Gasteiger charge is -2.16. The molecule has 0 fully saturated rings. The molecular formula is C13H21NO2. The van der Waals surface area contributed by atoms with E-state index < -0.39 is 6.10 Å². The van der Waals surface area contributed by atoms with E-state index in [1.165, 1.54) is 0 Å². The number of aliphatic hydroxyl groups excluding tert-OH is 1. The highest BCUT2D eigenvalue weighted by atomic mass is 16.5. The minimum atomic E-state index is -0.415. The topological polar surface area (TPSA) is 55.5 Å². The van der Waals surface area contributed by atoms with Crippen LogP contribution in [-0.2, 0) is 0 Å². The van der Waals surface area contributed by atoms with Crippen LogP contribution in [0.15, 0.2) is 18.2 Å². The molecule has 1 unspecified atom stereocenters. The molecule has 0 saturated carbocycles. The van der Waals surface area contributed by atoms with Crippen LogP contribution in [0.1, 0.15) is 37.4 Å². The Morgan fingerprint density at radius 3 is 2.69 bits per heavy atom. The van der Waals surface area contributed by atoms with E-state index in [1.54, 1.807) is 0 Å². The zero-order chi connectivity index (χ0) is 12.1. The fourth-order valence-corrected chi connectivity index (χ4v) is 1.46. The van der Waals surface area contributed by atoms with Gasteiger partial charge in [0.1, 0.15) is 12.4 Å². The number of hydrogen-bond acceptors (Lipinski definition) is 3. The Bertz CT molecular complexity index is 337. The molecule has 0 spiro atoms. The van der Waals surface area contributed by atoms with Gasteiger partial charge in [-0.2, -0.15) is 0 Å². The second-order valence-electron chi connectivity index (χ2n) is 4.20. The Morgan fingerprint density at radius 1 is 1.44 bits per heavy atom. The van der Waals surface area contributed by atoms with Gasteiger partial charge in [0.15, 0.2) is 0 Å². The highest BCUT2D eigenvalue weighted by molar-refractivity contribution is 5.38. The Kier molecular flexibility index (Phi) is 4.77. The number of aryl methyl sites for hydroxylation is 1. The first-order valence-electron chi connectivity index (χ1n) is 5.71. The molecule has 3 N–H and O–H groups in total. The summed E-state index contributed by atoms with van der Waals surface area (Å²) in [7, 11) is 0. The first-order chi connectivity index (χ1) is 7.54. The molecule has 0 radical (unpaired) electrons. The molecule has 0 aromatic heterocycles. The summed E-state index contributed by atoms with van der Waals surface area (Å²) in [5.74, 6) is 0.771. The summed E-state index contributed by atoms with van der Waals surface area (Å²) in [6, 6.07) is 5.86. The molecule has 0 aliphatic rings. The lowest BCUT2D eigenvalue weighted by atomic mass is 10.1. The van der Waals surface area contributed by atoms with Gasteiger partial charge in [0.05, 0.1) is 6.10 Å². The van der Waals surface area contributed by atoms with Crippen molar-refractivity contribution in [1.82, 2.24) is 0 Å². The van der Waals surface area contributed by atoms with Crippen molar-refractivity contribution in [3.05, 3.63) is 29.3 Å². The maximum absolute atomic E-state index is 9.45. The zero-order valence-corrected chi connectivity index (χ0v) is 10.2. The molecule has 1 aromatic rings. The van der Waals surface area contributed by atoms with Crippen LogP contribution in [0.25, 0.3) is 0 Å². The molecule has 0 aliphatic carbocycles. The highest BCUT2D eigenvalue weighted by Crippen LogP contribution is 2.25. The van der Waals surface area contributed by atoms with Gasteiger partial charge in [-0.3, -0.25) is 0 Å². The summed E-state index contributed by atoms with van der Waals surface area (Å²) in [6.45, 7) is 6.20. The Hall–Kier alpha value is -1.06. The van der Waals surface area contributed by atoms with E-state index in [1.807, 2.05) is 39.0 Å². The van der Waals surface area contributed by atoms with E-state index in [0.29, 0.717) is 13.0 Å². The number of aliphatic hydroxyl groups is 1. The van der Waals surface area contributed by atoms with Crippen molar-refractivity contribution in [1.29, 1.82) is 0 Å². The summed E-state index contributed by atoms with van der Waals surface area (Å²) in [5.41, 5.74) is 8.03. The van der Waals surface area contributed by atoms with Gasteiger partial charge in [0.25, 0.3) is 0 Å². The summed E-state index contributed by atoms with van der Waals surface area (Å²) in [6.07, 6.45) is 0.279. The van der Waals surface area contributed by atoms with E-state index in [0.717, 1.165) is 16.9 Å². The number of benzene rings is 1. The number of nitrogens with two attached hydrogens (primary N) is 1. The van der Waals surface area contributed by atoms with Crippen molar-refractivity contribution in [2.75, 3.05) is 6.61 Å². The molecule has 90 valence electrons. The number of rotatable bonds is 5. The minimum absolute atomic E-state index is 0.0614. The fraction of sp³-hybridized carbons (Fsp3) is 0.538. The van der Waals surface area contributed by atoms with Crippen LogP contribution in [0.4, 0.5) is 0 Å². The van der Waals surface area contributed by atoms with Gasteiger partial charge < -0.3 is 15.6 Å². The molecule has 3 heteroatoms. The summed E-state index contributed by atoms with van der Waals surface area (Å²) < 4.78 is 5.58. The monoisotopic (exact) mass is 223 g/mol. The molecule has 2 atom stereocenters. The van der Waals surface area contributed by atoms with Crippen LogP contribution in [0.2, 0.25) is 0 Å². The van der Waals surface area contributed by atoms with Crippen molar-refractivity contribution in [2.45, 2.75) is 39.3 Å². The number of ether oxygens (including phenoxy) is 1. The molecule has 1 rings (SSSR count). The normalized spacial score (nSPS) is 14.6. The molecule has 16 heavy (non-hydrogen) atoms. The molecule has 0 saturated heterocycles. The van der Waals surface area contributed by atoms with Crippen LogP contribution in [0.5, 0.6) is 5.75 Å². The van der Waals surface area contributed by atoms with E-state index in [9.17, 15) is 5.11 Å². The highest BCUT2D eigenvalue weighted by Gasteiger charge is 2.10. The van der Waals surface area contributed by atoms with Crippen molar-refractivity contribution in [2.24, 2.45) is 5.73 Å². The van der Waals surface area contributed by atoms with Crippen molar-refractivity contribution in [3.8, 4) is 5.75 Å². The Balaban J connectivity index is 2.78. The van der Waals surface area contributed by atoms with Gasteiger partial charge in [0, 0.05) is 11.6 Å². The van der Waals surface area contributed by atoms with Crippen molar-refractivity contribution in [3.63, 3.8) is 0 Å². The molecule has 0 bridgehead atoms. The predicted octanol–water partition coefficient (Wildman–Crippen LogP) is 2.16. The van der Waals surface area contributed by atoms with Crippen LogP contribution in [0, 0.1) is 6.92 Å². The SMILES string of the molecule is CCC(O)COc1ccc(C)cc1[C@@H](C)N. The third-order valence-electron chi connectivity index (χ3n) is 2.56. The van der Waals surface area contributed by atoms with Crippen LogP contribution < -0.4 is 10.5 Å². The maximum Gasteiger partial charge on any atom is 0.124 e. The summed E-state index contributed by atoms with van der Waals surface area (Å²) in [5, 5.41) is 9.45. The smallest absolute Gasteiger partial charge is 0.124 e. The average Bonchev–Trinajstić information content (AvgIpc) is 2.26. The van der Waals surface area contributed by atoms with E-state index in [2.05, 4.69) is 0 Å². The predicted molar refractivity (Wildman–Crippen MR) is 65.6 cm³/mol. The lowest BCUT2D eigenvalue weighted by Crippen LogP contribution is -2.17. The zero-order valence-electron chi connectivity index (χ0n) is 10.2. The van der Waals surface area contributed by atoms with Gasteiger partial charge in [0.2, 0.25) is 0 Å². The quantitative estimate of drug-likeness (QED) is 0.804. The largest absolute Gasteiger partial charge is 0.491 e. The minimum Gasteiger partial charge on any atom is -0.491 e. The molecule has 3 nitrogen and oxygen atoms in total. The second kappa shape index (κ2) is 5.87. The van der Waals surface area contributed by atoms with Crippen LogP contribution in [0.3, 0.4) is 0 Å². The van der Waals surface area contributed by atoms with Crippen LogP contribution >= 0.6 is 0 Å². The van der Waals surface area contributed by atoms with Crippen molar-refractivity contribution >= 4 is 0 Å². The van der Waals surface area contributed by atoms with Gasteiger partial charge >= 0.3 is 0 Å². The fourth-order valence-electron chi connectivity index (χ4n) is 1.46. The van der Waals surface area contributed by atoms with Gasteiger partial charge in [-0.1, -0.05) is 24.6 Å². The average molecular weight is 223 g/mol. The molecule has 1 aromatic carbocycles. The first kappa shape index (κ1) is 13.0. The van der Waals surface area contributed by atoms with Gasteiger partial charge in [-0.15, -0.1) is 0 Å². The Morgan fingerprint density at radius 2 is 2.12 bits per heavy atom. The van der Waals surface area contributed by atoms with Gasteiger partial charge in [-0.25, -0.2) is 0 Å². The second-order valence-corrected chi connectivity index (χ2v) is 4.20. The van der Waals surface area contributed by atoms with E-state index >= 15 is 0 Å². The Labute approximate surface area is 97.2 Å². The lowest BCUT2D eigenvalue weighted by molar-refractivity contribution is 0.103. The van der Waals surface area contributed by atoms with E-state index in [4.69, 9.17) is 10.5 Å². The first-order valence-corrected chi connectivity index (χ1v) is 5.71. The molecule has 0 amide bonds. The van der Waals surface area contributed by atoms with Crippen molar-refractivity contribution < 1.29 is 9.84 Å². The standard InChI is InChI=1S/C13H21NO2/c1-4-11(15)8-16-13-6-5-9(2)7-12(13)10(3)14/h5-7,10-11,15H,4,8,14H2,1-3H3/t10-,11?/m1/s1. The molecule has 0 aliphatic heterocycles. The maximum atomic E-state index is 9.45. The summed E-state index contributed by atoms with van der Waals surface area (Å²) in [4.78, 5) is 0. The van der Waals surface area contributed by atoms with Crippen LogP contribution in [-0.4, -0.2) is 17.8 Å². The van der Waals surface area contributed by atoms with E-state index in [-0.39, 0.29) is 6.04 Å². The number of hydrogen-bond donors (Lipinski definition) is 2. The van der Waals surface area contributed by atoms with Gasteiger partial charge in [-0.05, 0) is 26.3 Å². The third kappa shape index (κ3) is 3.51. The summed E-state index contributed by atoms with van der Waals surface area (Å²) >= 11 is 0. The molecular weight excluding hydrogens is 202 g/mol. The third-order valence-corrected chi connectivity index (χ3v) is 2.56. The molecule has 0 heterocycles.